The normalized spacial score (nSPS) is 15.6. The Morgan fingerprint density at radius 3 is 2.38 bits per heavy atom. The van der Waals surface area contributed by atoms with Gasteiger partial charge in [-0.2, -0.15) is 0 Å². The molecule has 1 aliphatic rings. The summed E-state index contributed by atoms with van der Waals surface area (Å²) < 4.78 is 8.25. The van der Waals surface area contributed by atoms with Crippen molar-refractivity contribution in [1.82, 2.24) is 9.55 Å². The lowest BCUT2D eigenvalue weighted by Gasteiger charge is -2.28. The number of nitrogens with zero attached hydrogens (tertiary/aromatic N) is 2. The van der Waals surface area contributed by atoms with Gasteiger partial charge in [0.2, 0.25) is 0 Å². The highest BCUT2D eigenvalue weighted by molar-refractivity contribution is 5.98. The minimum atomic E-state index is -1.09. The van der Waals surface area contributed by atoms with E-state index in [2.05, 4.69) is 41.1 Å². The van der Waals surface area contributed by atoms with Crippen LogP contribution in [0, 0.1) is 13.8 Å². The van der Waals surface area contributed by atoms with Crippen molar-refractivity contribution < 1.29 is 14.6 Å². The molecule has 1 N–H and O–H groups in total. The molecule has 1 saturated carbocycles. The molecule has 0 aliphatic heterocycles. The molecule has 3 aromatic rings. The van der Waals surface area contributed by atoms with Crippen molar-refractivity contribution in [3.63, 3.8) is 0 Å². The molecule has 4 rings (SSSR count). The first-order valence-electron chi connectivity index (χ1n) is 10.1. The Morgan fingerprint density at radius 2 is 1.83 bits per heavy atom. The first kappa shape index (κ1) is 19.6. The minimum absolute atomic E-state index is 0.497. The Morgan fingerprint density at radius 1 is 1.17 bits per heavy atom. The number of carbonyl (C=O) groups is 1. The number of carboxylic acids is 1. The maximum atomic E-state index is 12.3. The minimum Gasteiger partial charge on any atom is -0.479 e. The SMILES string of the molecule is Cc1ccc(-c2c([C@H](OC(C)(C)C)C(=O)O)c(C)nc3c2ccn3C2CC2)cc1. The van der Waals surface area contributed by atoms with E-state index in [-0.39, 0.29) is 0 Å². The number of hydrogen-bond acceptors (Lipinski definition) is 3. The summed E-state index contributed by atoms with van der Waals surface area (Å²) >= 11 is 0. The lowest BCUT2D eigenvalue weighted by Crippen LogP contribution is -2.28. The van der Waals surface area contributed by atoms with E-state index in [1.165, 1.54) is 0 Å². The summed E-state index contributed by atoms with van der Waals surface area (Å²) in [7, 11) is 0. The third-order valence-corrected chi connectivity index (χ3v) is 5.33. The number of carboxylic acid groups (broad SMARTS) is 1. The van der Waals surface area contributed by atoms with E-state index in [0.29, 0.717) is 17.3 Å². The summed E-state index contributed by atoms with van der Waals surface area (Å²) in [5.74, 6) is -1.00. The van der Waals surface area contributed by atoms with E-state index in [9.17, 15) is 9.90 Å². The van der Waals surface area contributed by atoms with E-state index in [0.717, 1.165) is 40.6 Å². The molecule has 5 heteroatoms. The van der Waals surface area contributed by atoms with Crippen LogP contribution in [0.15, 0.2) is 36.5 Å². The fourth-order valence-electron chi connectivity index (χ4n) is 3.88. The van der Waals surface area contributed by atoms with Gasteiger partial charge in [0.1, 0.15) is 5.65 Å². The monoisotopic (exact) mass is 392 g/mol. The number of fused-ring (bicyclic) bond motifs is 1. The zero-order chi connectivity index (χ0) is 20.9. The van der Waals surface area contributed by atoms with Crippen molar-refractivity contribution in [3.8, 4) is 11.1 Å². The summed E-state index contributed by atoms with van der Waals surface area (Å²) in [5, 5.41) is 11.0. The largest absolute Gasteiger partial charge is 0.479 e. The van der Waals surface area contributed by atoms with Crippen molar-refractivity contribution in [2.75, 3.05) is 0 Å². The summed E-state index contributed by atoms with van der Waals surface area (Å²) in [5.41, 5.74) is 4.71. The number of hydrogen-bond donors (Lipinski definition) is 1. The van der Waals surface area contributed by atoms with Gasteiger partial charge in [-0.15, -0.1) is 0 Å². The maximum absolute atomic E-state index is 12.3. The van der Waals surface area contributed by atoms with Crippen molar-refractivity contribution in [3.05, 3.63) is 53.3 Å². The van der Waals surface area contributed by atoms with Crippen LogP contribution in [0.1, 0.15) is 62.6 Å². The van der Waals surface area contributed by atoms with Gasteiger partial charge in [-0.05, 0) is 59.1 Å². The molecule has 2 heterocycles. The molecule has 152 valence electrons. The number of ether oxygens (including phenoxy) is 1. The molecule has 0 radical (unpaired) electrons. The molecule has 0 saturated heterocycles. The molecule has 0 spiro atoms. The second kappa shape index (κ2) is 6.99. The van der Waals surface area contributed by atoms with E-state index < -0.39 is 17.7 Å². The first-order chi connectivity index (χ1) is 13.7. The van der Waals surface area contributed by atoms with Gasteiger partial charge in [-0.3, -0.25) is 0 Å². The van der Waals surface area contributed by atoms with Crippen molar-refractivity contribution in [2.24, 2.45) is 0 Å². The van der Waals surface area contributed by atoms with Crippen LogP contribution < -0.4 is 0 Å². The fraction of sp³-hybridized carbons (Fsp3) is 0.417. The van der Waals surface area contributed by atoms with Gasteiger partial charge in [0.05, 0.1) is 5.60 Å². The second-order valence-electron chi connectivity index (χ2n) is 8.99. The molecule has 29 heavy (non-hydrogen) atoms. The third-order valence-electron chi connectivity index (χ3n) is 5.33. The lowest BCUT2D eigenvalue weighted by atomic mass is 9.92. The molecule has 1 aromatic carbocycles. The Kier molecular flexibility index (Phi) is 4.74. The van der Waals surface area contributed by atoms with Gasteiger partial charge < -0.3 is 14.4 Å². The molecule has 1 atom stereocenters. The molecular weight excluding hydrogens is 364 g/mol. The smallest absolute Gasteiger partial charge is 0.337 e. The molecule has 0 amide bonds. The summed E-state index contributed by atoms with van der Waals surface area (Å²) in [4.78, 5) is 17.1. The van der Waals surface area contributed by atoms with Crippen LogP contribution in [-0.2, 0) is 9.53 Å². The van der Waals surface area contributed by atoms with Gasteiger partial charge in [-0.25, -0.2) is 9.78 Å². The number of benzene rings is 1. The predicted molar refractivity (Wildman–Crippen MR) is 114 cm³/mol. The van der Waals surface area contributed by atoms with Crippen molar-refractivity contribution in [2.45, 2.75) is 65.2 Å². The van der Waals surface area contributed by atoms with Crippen LogP contribution in [0.4, 0.5) is 0 Å². The Bertz CT molecular complexity index is 1070. The average molecular weight is 392 g/mol. The average Bonchev–Trinajstić information content (AvgIpc) is 3.39. The molecule has 2 aromatic heterocycles. The van der Waals surface area contributed by atoms with E-state index in [1.807, 2.05) is 34.6 Å². The van der Waals surface area contributed by atoms with Crippen LogP contribution in [0.3, 0.4) is 0 Å². The highest BCUT2D eigenvalue weighted by Crippen LogP contribution is 2.43. The summed E-state index contributed by atoms with van der Waals surface area (Å²) in [6.45, 7) is 9.56. The van der Waals surface area contributed by atoms with E-state index in [1.54, 1.807) is 0 Å². The second-order valence-corrected chi connectivity index (χ2v) is 8.99. The van der Waals surface area contributed by atoms with Crippen LogP contribution in [0.5, 0.6) is 0 Å². The first-order valence-corrected chi connectivity index (χ1v) is 10.1. The highest BCUT2D eigenvalue weighted by atomic mass is 16.5. The number of aryl methyl sites for hydroxylation is 2. The van der Waals surface area contributed by atoms with Crippen LogP contribution >= 0.6 is 0 Å². The highest BCUT2D eigenvalue weighted by Gasteiger charge is 2.33. The molecule has 1 fully saturated rings. The van der Waals surface area contributed by atoms with Gasteiger partial charge in [0, 0.05) is 34.4 Å². The van der Waals surface area contributed by atoms with Crippen molar-refractivity contribution >= 4 is 17.0 Å². The number of rotatable bonds is 5. The zero-order valence-corrected chi connectivity index (χ0v) is 17.7. The molecule has 0 bridgehead atoms. The fourth-order valence-corrected chi connectivity index (χ4v) is 3.88. The molecule has 5 nitrogen and oxygen atoms in total. The number of aromatic nitrogens is 2. The summed E-state index contributed by atoms with van der Waals surface area (Å²) in [6.07, 6.45) is 3.32. The van der Waals surface area contributed by atoms with Gasteiger partial charge in [0.25, 0.3) is 0 Å². The van der Waals surface area contributed by atoms with E-state index >= 15 is 0 Å². The quantitative estimate of drug-likeness (QED) is 0.614. The zero-order valence-electron chi connectivity index (χ0n) is 17.7. The topological polar surface area (TPSA) is 64.3 Å². The van der Waals surface area contributed by atoms with Gasteiger partial charge in [-0.1, -0.05) is 29.8 Å². The molecular formula is C24H28N2O3. The van der Waals surface area contributed by atoms with Crippen molar-refractivity contribution in [1.29, 1.82) is 0 Å². The van der Waals surface area contributed by atoms with Crippen LogP contribution in [-0.4, -0.2) is 26.2 Å². The number of aliphatic carboxylic acids is 1. The Balaban J connectivity index is 2.02. The van der Waals surface area contributed by atoms with Gasteiger partial charge in [0.15, 0.2) is 6.10 Å². The Hall–Kier alpha value is -2.66. The Labute approximate surface area is 171 Å². The van der Waals surface area contributed by atoms with Crippen LogP contribution in [0.25, 0.3) is 22.2 Å². The predicted octanol–water partition coefficient (Wildman–Crippen LogP) is 5.60. The lowest BCUT2D eigenvalue weighted by molar-refractivity contribution is -0.160. The molecule has 1 aliphatic carbocycles. The van der Waals surface area contributed by atoms with Crippen LogP contribution in [0.2, 0.25) is 0 Å². The third kappa shape index (κ3) is 3.79. The summed E-state index contributed by atoms with van der Waals surface area (Å²) in [6, 6.07) is 10.8. The number of pyridine rings is 1. The van der Waals surface area contributed by atoms with Gasteiger partial charge >= 0.3 is 5.97 Å². The maximum Gasteiger partial charge on any atom is 0.337 e. The standard InChI is InChI=1S/C24H28N2O3/c1-14-6-8-16(9-7-14)20-18-12-13-26(17-10-11-17)22(18)25-15(2)19(20)21(23(27)28)29-24(3,4)5/h6-9,12-13,17,21H,10-11H2,1-5H3,(H,27,28)/t21-/m0/s1. The molecule has 0 unspecified atom stereocenters. The van der Waals surface area contributed by atoms with E-state index in [4.69, 9.17) is 9.72 Å².